The number of nitriles is 2. The third-order valence-electron chi connectivity index (χ3n) is 2.28. The van der Waals surface area contributed by atoms with Gasteiger partial charge in [-0.1, -0.05) is 30.3 Å². The summed E-state index contributed by atoms with van der Waals surface area (Å²) in [6.45, 7) is 0. The lowest BCUT2D eigenvalue weighted by molar-refractivity contribution is 1.23. The van der Waals surface area contributed by atoms with Crippen LogP contribution in [0.1, 0.15) is 11.1 Å². The highest BCUT2D eigenvalue weighted by Gasteiger charge is 2.11. The molecule has 0 saturated carbocycles. The van der Waals surface area contributed by atoms with Crippen molar-refractivity contribution in [1.82, 2.24) is 4.98 Å². The van der Waals surface area contributed by atoms with Crippen molar-refractivity contribution in [3.05, 3.63) is 51.2 Å². The van der Waals surface area contributed by atoms with Crippen molar-refractivity contribution < 1.29 is 0 Å². The van der Waals surface area contributed by atoms with Crippen molar-refractivity contribution in [2.75, 3.05) is 0 Å². The van der Waals surface area contributed by atoms with Crippen molar-refractivity contribution in [1.29, 1.82) is 10.5 Å². The van der Waals surface area contributed by atoms with Crippen molar-refractivity contribution in [3.63, 3.8) is 0 Å². The summed E-state index contributed by atoms with van der Waals surface area (Å²) in [6, 6.07) is 15.3. The van der Waals surface area contributed by atoms with Crippen LogP contribution in [0.5, 0.6) is 0 Å². The van der Waals surface area contributed by atoms with Gasteiger partial charge >= 0.3 is 0 Å². The maximum Gasteiger partial charge on any atom is 0.121 e. The molecule has 1 heterocycles. The number of hydrogen-bond donors (Lipinski definition) is 0. The first-order valence-electron chi connectivity index (χ1n) is 4.82. The summed E-state index contributed by atoms with van der Waals surface area (Å²) in [5, 5.41) is 18.0. The van der Waals surface area contributed by atoms with Crippen LogP contribution in [-0.4, -0.2) is 4.98 Å². The van der Waals surface area contributed by atoms with E-state index in [-0.39, 0.29) is 0 Å². The smallest absolute Gasteiger partial charge is 0.121 e. The van der Waals surface area contributed by atoms with Gasteiger partial charge in [-0.05, 0) is 28.7 Å². The summed E-state index contributed by atoms with van der Waals surface area (Å²) < 4.78 is 0.558. The fraction of sp³-hybridized carbons (Fsp3) is 0. The summed E-state index contributed by atoms with van der Waals surface area (Å²) in [5.74, 6) is 0. The van der Waals surface area contributed by atoms with Gasteiger partial charge in [0.15, 0.2) is 0 Å². The number of benzene rings is 1. The zero-order chi connectivity index (χ0) is 12.3. The fourth-order valence-corrected chi connectivity index (χ4v) is 2.14. The number of hydrogen-bond acceptors (Lipinski definition) is 3. The summed E-state index contributed by atoms with van der Waals surface area (Å²) >= 11 is 1.98. The Morgan fingerprint density at radius 1 is 1.06 bits per heavy atom. The van der Waals surface area contributed by atoms with Crippen LogP contribution in [0.25, 0.3) is 11.3 Å². The lowest BCUT2D eigenvalue weighted by atomic mass is 10.1. The fourth-order valence-electron chi connectivity index (χ4n) is 1.47. The number of halogens is 1. The van der Waals surface area contributed by atoms with E-state index >= 15 is 0 Å². The Kier molecular flexibility index (Phi) is 3.36. The lowest BCUT2D eigenvalue weighted by Gasteiger charge is -2.04. The van der Waals surface area contributed by atoms with Crippen LogP contribution in [0.2, 0.25) is 0 Å². The highest BCUT2D eigenvalue weighted by atomic mass is 127. The highest BCUT2D eigenvalue weighted by molar-refractivity contribution is 14.1. The monoisotopic (exact) mass is 331 g/mol. The molecule has 80 valence electrons. The van der Waals surface area contributed by atoms with Crippen molar-refractivity contribution in [3.8, 4) is 23.4 Å². The molecule has 0 bridgehead atoms. The number of rotatable bonds is 1. The molecule has 0 amide bonds. The van der Waals surface area contributed by atoms with Gasteiger partial charge in [0.05, 0.1) is 11.3 Å². The van der Waals surface area contributed by atoms with Crippen molar-refractivity contribution in [2.24, 2.45) is 0 Å². The average molecular weight is 331 g/mol. The summed E-state index contributed by atoms with van der Waals surface area (Å²) in [7, 11) is 0. The first-order chi connectivity index (χ1) is 8.26. The van der Waals surface area contributed by atoms with E-state index < -0.39 is 0 Å². The van der Waals surface area contributed by atoms with Crippen molar-refractivity contribution in [2.45, 2.75) is 0 Å². The van der Waals surface area contributed by atoms with Gasteiger partial charge in [-0.15, -0.1) is 0 Å². The topological polar surface area (TPSA) is 60.5 Å². The van der Waals surface area contributed by atoms with E-state index in [9.17, 15) is 0 Å². The highest BCUT2D eigenvalue weighted by Crippen LogP contribution is 2.22. The van der Waals surface area contributed by atoms with Crippen LogP contribution in [0.15, 0.2) is 36.4 Å². The van der Waals surface area contributed by atoms with E-state index in [1.807, 2.05) is 65.1 Å². The van der Waals surface area contributed by atoms with Crippen molar-refractivity contribution >= 4 is 22.6 Å². The van der Waals surface area contributed by atoms with E-state index in [0.29, 0.717) is 20.5 Å². The molecule has 0 aliphatic carbocycles. The van der Waals surface area contributed by atoms with Gasteiger partial charge in [0.25, 0.3) is 0 Å². The molecule has 0 unspecified atom stereocenters. The van der Waals surface area contributed by atoms with Crippen LogP contribution >= 0.6 is 22.6 Å². The normalized spacial score (nSPS) is 9.35. The van der Waals surface area contributed by atoms with Gasteiger partial charge in [0, 0.05) is 5.56 Å². The van der Waals surface area contributed by atoms with Gasteiger partial charge in [-0.3, -0.25) is 0 Å². The Hall–Kier alpha value is -1.92. The standard InChI is InChI=1S/C13H6IN3/c14-13-11(8-16)10(7-15)6-12(17-13)9-4-2-1-3-5-9/h1-6H. The summed E-state index contributed by atoms with van der Waals surface area (Å²) in [4.78, 5) is 4.34. The van der Waals surface area contributed by atoms with Gasteiger partial charge in [-0.2, -0.15) is 10.5 Å². The zero-order valence-electron chi connectivity index (χ0n) is 8.68. The number of aromatic nitrogens is 1. The molecule has 3 nitrogen and oxygen atoms in total. The molecule has 2 aromatic rings. The molecular weight excluding hydrogens is 325 g/mol. The molecule has 0 atom stereocenters. The van der Waals surface area contributed by atoms with Gasteiger partial charge in [0.2, 0.25) is 0 Å². The first-order valence-corrected chi connectivity index (χ1v) is 5.90. The molecule has 0 aliphatic rings. The third-order valence-corrected chi connectivity index (χ3v) is 3.06. The van der Waals surface area contributed by atoms with Crippen LogP contribution in [0, 0.1) is 26.4 Å². The van der Waals surface area contributed by atoms with Gasteiger partial charge < -0.3 is 0 Å². The Balaban J connectivity index is 2.65. The molecular formula is C13H6IN3. The molecule has 0 aliphatic heterocycles. The minimum Gasteiger partial charge on any atom is -0.240 e. The molecule has 0 N–H and O–H groups in total. The third kappa shape index (κ3) is 2.27. The first kappa shape index (κ1) is 11.6. The van der Waals surface area contributed by atoms with Gasteiger partial charge in [0.1, 0.15) is 21.4 Å². The minimum absolute atomic E-state index is 0.341. The van der Waals surface area contributed by atoms with Crippen LogP contribution in [0.4, 0.5) is 0 Å². The molecule has 0 radical (unpaired) electrons. The molecule has 0 spiro atoms. The van der Waals surface area contributed by atoms with E-state index in [0.717, 1.165) is 5.56 Å². The molecule has 4 heteroatoms. The quantitative estimate of drug-likeness (QED) is 0.596. The molecule has 17 heavy (non-hydrogen) atoms. The maximum atomic E-state index is 9.01. The second-order valence-electron chi connectivity index (χ2n) is 3.31. The second-order valence-corrected chi connectivity index (χ2v) is 4.33. The number of nitrogens with zero attached hydrogens (tertiary/aromatic N) is 3. The largest absolute Gasteiger partial charge is 0.240 e. The Bertz CT molecular complexity index is 636. The predicted molar refractivity (Wildman–Crippen MR) is 71.8 cm³/mol. The maximum absolute atomic E-state index is 9.01. The molecule has 2 rings (SSSR count). The summed E-state index contributed by atoms with van der Waals surface area (Å²) in [5.41, 5.74) is 2.36. The number of pyridine rings is 1. The molecule has 1 aromatic carbocycles. The Morgan fingerprint density at radius 2 is 1.76 bits per heavy atom. The predicted octanol–water partition coefficient (Wildman–Crippen LogP) is 3.10. The SMILES string of the molecule is N#Cc1cc(-c2ccccc2)nc(I)c1C#N. The van der Waals surface area contributed by atoms with Crippen LogP contribution in [-0.2, 0) is 0 Å². The second kappa shape index (κ2) is 4.94. The van der Waals surface area contributed by atoms with E-state index in [4.69, 9.17) is 10.5 Å². The summed E-state index contributed by atoms with van der Waals surface area (Å²) in [6.07, 6.45) is 0. The Labute approximate surface area is 112 Å². The van der Waals surface area contributed by atoms with E-state index in [1.54, 1.807) is 6.07 Å². The molecule has 0 fully saturated rings. The zero-order valence-corrected chi connectivity index (χ0v) is 10.8. The molecule has 0 saturated heterocycles. The minimum atomic E-state index is 0.341. The van der Waals surface area contributed by atoms with Crippen LogP contribution < -0.4 is 0 Å². The van der Waals surface area contributed by atoms with Gasteiger partial charge in [-0.25, -0.2) is 4.98 Å². The van der Waals surface area contributed by atoms with Crippen LogP contribution in [0.3, 0.4) is 0 Å². The average Bonchev–Trinajstić information content (AvgIpc) is 2.38. The lowest BCUT2D eigenvalue weighted by Crippen LogP contribution is -1.95. The van der Waals surface area contributed by atoms with E-state index in [2.05, 4.69) is 4.98 Å². The molecule has 1 aromatic heterocycles. The van der Waals surface area contributed by atoms with E-state index in [1.165, 1.54) is 0 Å². The Morgan fingerprint density at radius 3 is 2.35 bits per heavy atom.